The summed E-state index contributed by atoms with van der Waals surface area (Å²) in [6, 6.07) is 2.45. The van der Waals surface area contributed by atoms with E-state index in [1.165, 1.54) is 19.9 Å². The number of anilines is 1. The third-order valence-corrected chi connectivity index (χ3v) is 3.80. The minimum absolute atomic E-state index is 0.00932. The van der Waals surface area contributed by atoms with Crippen LogP contribution in [-0.4, -0.2) is 44.4 Å². The Bertz CT molecular complexity index is 571. The van der Waals surface area contributed by atoms with Crippen molar-refractivity contribution in [3.63, 3.8) is 0 Å². The molecule has 8 nitrogen and oxygen atoms in total. The van der Waals surface area contributed by atoms with Crippen LogP contribution in [0.2, 0.25) is 0 Å². The minimum atomic E-state index is -3.16. The zero-order valence-electron chi connectivity index (χ0n) is 13.2. The van der Waals surface area contributed by atoms with Gasteiger partial charge in [0.05, 0.1) is 11.3 Å². The van der Waals surface area contributed by atoms with Gasteiger partial charge in [0.1, 0.15) is 5.75 Å². The Morgan fingerprint density at radius 2 is 1.70 bits per heavy atom. The first kappa shape index (κ1) is 17.9. The molecule has 0 spiro atoms. The summed E-state index contributed by atoms with van der Waals surface area (Å²) in [5.41, 5.74) is 4.19. The molecule has 0 radical (unpaired) electrons. The zero-order valence-corrected chi connectivity index (χ0v) is 13.2. The number of ether oxygens (including phenoxy) is 1. The Balaban J connectivity index is 2.58. The summed E-state index contributed by atoms with van der Waals surface area (Å²) in [6.07, 6.45) is 0.615. The Kier molecular flexibility index (Phi) is 4.60. The third-order valence-electron chi connectivity index (χ3n) is 3.80. The number of benzene rings is 1. The van der Waals surface area contributed by atoms with Gasteiger partial charge in [0, 0.05) is 19.4 Å². The van der Waals surface area contributed by atoms with Gasteiger partial charge in [-0.2, -0.15) is 0 Å². The Morgan fingerprint density at radius 3 is 2.17 bits per heavy atom. The smallest absolute Gasteiger partial charge is 0.304 e. The number of nitrogens with one attached hydrogen (secondary N) is 1. The van der Waals surface area contributed by atoms with Gasteiger partial charge in [-0.05, 0) is 43.6 Å². The van der Waals surface area contributed by atoms with Gasteiger partial charge in [0.15, 0.2) is 0 Å². The summed E-state index contributed by atoms with van der Waals surface area (Å²) in [6.45, 7) is 3.87. The second-order valence-electron chi connectivity index (χ2n) is 6.40. The Morgan fingerprint density at radius 1 is 1.13 bits per heavy atom. The van der Waals surface area contributed by atoms with E-state index in [0.717, 1.165) is 6.07 Å². The molecule has 0 atom stereocenters. The molecule has 0 aromatic heterocycles. The van der Waals surface area contributed by atoms with Gasteiger partial charge >= 0.3 is 5.97 Å². The predicted molar refractivity (Wildman–Crippen MR) is 82.1 cm³/mol. The number of hydrogen-bond donors (Lipinski definition) is 7. The molecule has 130 valence electrons. The average molecular weight is 328 g/mol. The fourth-order valence-corrected chi connectivity index (χ4v) is 2.73. The topological polar surface area (TPSA) is 148 Å². The fourth-order valence-electron chi connectivity index (χ4n) is 2.73. The maximum atomic E-state index is 10.9. The van der Waals surface area contributed by atoms with Gasteiger partial charge in [-0.3, -0.25) is 0 Å². The van der Waals surface area contributed by atoms with Gasteiger partial charge in [0.25, 0.3) is 0 Å². The number of nitrogen functional groups attached to an aromatic ring is 1. The molecule has 1 heterocycles. The van der Waals surface area contributed by atoms with E-state index < -0.39 is 17.4 Å². The van der Waals surface area contributed by atoms with E-state index in [2.05, 4.69) is 5.32 Å². The number of rotatable bonds is 4. The van der Waals surface area contributed by atoms with Crippen molar-refractivity contribution in [2.75, 3.05) is 18.8 Å². The van der Waals surface area contributed by atoms with E-state index in [4.69, 9.17) is 10.5 Å². The monoisotopic (exact) mass is 328 g/mol. The summed E-state index contributed by atoms with van der Waals surface area (Å²) in [5.74, 6) is -4.59. The van der Waals surface area contributed by atoms with Crippen LogP contribution in [-0.2, 0) is 11.6 Å². The first-order valence-corrected chi connectivity index (χ1v) is 7.38. The van der Waals surface area contributed by atoms with Gasteiger partial charge in [-0.1, -0.05) is 0 Å². The molecule has 1 fully saturated rings. The van der Waals surface area contributed by atoms with Crippen LogP contribution in [0.25, 0.3) is 0 Å². The van der Waals surface area contributed by atoms with Crippen molar-refractivity contribution < 1.29 is 30.3 Å². The maximum absolute atomic E-state index is 10.9. The molecule has 0 bridgehead atoms. The van der Waals surface area contributed by atoms with E-state index in [1.54, 1.807) is 0 Å². The van der Waals surface area contributed by atoms with Crippen LogP contribution in [0.3, 0.4) is 0 Å². The van der Waals surface area contributed by atoms with Gasteiger partial charge < -0.3 is 41.3 Å². The van der Waals surface area contributed by atoms with Crippen molar-refractivity contribution in [3.8, 4) is 5.75 Å². The van der Waals surface area contributed by atoms with E-state index in [-0.39, 0.29) is 22.6 Å². The highest BCUT2D eigenvalue weighted by Gasteiger charge is 2.39. The van der Waals surface area contributed by atoms with E-state index in [0.29, 0.717) is 25.9 Å². The molecular formula is C15H24N2O6. The molecule has 0 aliphatic carbocycles. The summed E-state index contributed by atoms with van der Waals surface area (Å²) < 4.78 is 5.34. The molecule has 1 aliphatic heterocycles. The molecule has 8 N–H and O–H groups in total. The molecule has 1 aromatic rings. The first-order valence-electron chi connectivity index (χ1n) is 7.38. The first-order chi connectivity index (χ1) is 10.4. The lowest BCUT2D eigenvalue weighted by Crippen LogP contribution is -2.42. The summed E-state index contributed by atoms with van der Waals surface area (Å²) in [4.78, 5) is 0. The van der Waals surface area contributed by atoms with Gasteiger partial charge in [-0.15, -0.1) is 0 Å². The number of hydrogen-bond acceptors (Lipinski definition) is 8. The van der Waals surface area contributed by atoms with Crippen LogP contribution >= 0.6 is 0 Å². The lowest BCUT2D eigenvalue weighted by atomic mass is 9.81. The minimum Gasteiger partial charge on any atom is -0.461 e. The largest absolute Gasteiger partial charge is 0.461 e. The maximum Gasteiger partial charge on any atom is 0.304 e. The van der Waals surface area contributed by atoms with Crippen LogP contribution in [0, 0.1) is 0 Å². The number of piperidine rings is 1. The normalized spacial score (nSPS) is 18.7. The molecule has 23 heavy (non-hydrogen) atoms. The van der Waals surface area contributed by atoms with E-state index in [9.17, 15) is 25.5 Å². The Labute approximate surface area is 134 Å². The molecule has 8 heteroatoms. The number of nitrogens with two attached hydrogens (primary N) is 1. The zero-order chi connectivity index (χ0) is 17.5. The fraction of sp³-hybridized carbons (Fsp3) is 0.600. The standard InChI is InChI=1S/C15H24N2O6/c1-13(2,18)23-12-8-9(14(19)3-5-17-6-4-14)10(7-11(12)16)15(20,21)22/h7-8,17-22H,3-6,16H2,1-2H3. The third kappa shape index (κ3) is 4.11. The van der Waals surface area contributed by atoms with Crippen LogP contribution in [0.1, 0.15) is 37.8 Å². The van der Waals surface area contributed by atoms with Gasteiger partial charge in [0.2, 0.25) is 5.79 Å². The summed E-state index contributed by atoms with van der Waals surface area (Å²) in [5, 5.41) is 52.6. The summed E-state index contributed by atoms with van der Waals surface area (Å²) in [7, 11) is 0. The Hall–Kier alpha value is -1.42. The quantitative estimate of drug-likeness (QED) is 0.276. The van der Waals surface area contributed by atoms with Crippen molar-refractivity contribution in [2.45, 2.75) is 44.1 Å². The van der Waals surface area contributed by atoms with Crippen LogP contribution in [0.4, 0.5) is 5.69 Å². The van der Waals surface area contributed by atoms with E-state index >= 15 is 0 Å². The molecule has 2 rings (SSSR count). The average Bonchev–Trinajstić information content (AvgIpc) is 2.38. The SMILES string of the molecule is CC(C)(O)Oc1cc(C2(O)CCNCC2)c(C(O)(O)O)cc1N. The summed E-state index contributed by atoms with van der Waals surface area (Å²) >= 11 is 0. The highest BCUT2D eigenvalue weighted by molar-refractivity contribution is 5.59. The van der Waals surface area contributed by atoms with E-state index in [1.807, 2.05) is 0 Å². The van der Waals surface area contributed by atoms with Crippen molar-refractivity contribution in [1.82, 2.24) is 5.32 Å². The van der Waals surface area contributed by atoms with Crippen molar-refractivity contribution in [3.05, 3.63) is 23.3 Å². The predicted octanol–water partition coefficient (Wildman–Crippen LogP) is -0.966. The van der Waals surface area contributed by atoms with Crippen molar-refractivity contribution in [1.29, 1.82) is 0 Å². The van der Waals surface area contributed by atoms with Crippen LogP contribution in [0.15, 0.2) is 12.1 Å². The van der Waals surface area contributed by atoms with Crippen LogP contribution in [0.5, 0.6) is 5.75 Å². The second kappa shape index (κ2) is 5.90. The molecule has 1 aromatic carbocycles. The molecule has 1 saturated heterocycles. The molecule has 0 amide bonds. The molecule has 0 unspecified atom stereocenters. The molecular weight excluding hydrogens is 304 g/mol. The number of aliphatic hydroxyl groups is 5. The van der Waals surface area contributed by atoms with Crippen molar-refractivity contribution >= 4 is 5.69 Å². The lowest BCUT2D eigenvalue weighted by Gasteiger charge is -2.36. The molecule has 0 saturated carbocycles. The van der Waals surface area contributed by atoms with Crippen LogP contribution < -0.4 is 15.8 Å². The second-order valence-corrected chi connectivity index (χ2v) is 6.40. The highest BCUT2D eigenvalue weighted by Crippen LogP contribution is 2.40. The highest BCUT2D eigenvalue weighted by atomic mass is 16.7. The molecule has 1 aliphatic rings. The van der Waals surface area contributed by atoms with Crippen molar-refractivity contribution in [2.24, 2.45) is 0 Å². The van der Waals surface area contributed by atoms with Gasteiger partial charge in [-0.25, -0.2) is 0 Å². The lowest BCUT2D eigenvalue weighted by molar-refractivity contribution is -0.325.